The van der Waals surface area contributed by atoms with E-state index in [-0.39, 0.29) is 38.9 Å². The van der Waals surface area contributed by atoms with Crippen molar-refractivity contribution in [3.05, 3.63) is 95.0 Å². The fraction of sp³-hybridized carbons (Fsp3) is 0.333. The second-order valence-corrected chi connectivity index (χ2v) is 14.2. The standard InChI is InChI=1S/C39H37ClF6N6O6S/c1-4-54-37(53)34(39(45,46)25-7-5-6-8-26(25)56-19-23-13-14-51-52(23)20-38(42,43)44)58-35-31-30(33(28-11-12-29(41)57-28)59-36(31)50-21-49-35)24-9-10-27(32(40)22(24)2)55-18-17-48-16-15-47-3/h5-14,21,34,47-48H,4,15-20H2,1-3H3/t34-/m1/s1. The highest BCUT2D eigenvalue weighted by atomic mass is 35.5. The van der Waals surface area contributed by atoms with Crippen LogP contribution >= 0.6 is 22.9 Å². The minimum Gasteiger partial charge on any atom is -0.491 e. The monoisotopic (exact) mass is 866 g/mol. The maximum Gasteiger partial charge on any atom is 0.408 e. The lowest BCUT2D eigenvalue weighted by Gasteiger charge is -2.27. The van der Waals surface area contributed by atoms with E-state index in [0.29, 0.717) is 39.6 Å². The van der Waals surface area contributed by atoms with Crippen LogP contribution in [0, 0.1) is 12.9 Å². The van der Waals surface area contributed by atoms with E-state index < -0.39 is 60.5 Å². The number of carbonyl (C=O) groups excluding carboxylic acids is 1. The molecule has 12 nitrogen and oxygen atoms in total. The van der Waals surface area contributed by atoms with Crippen LogP contribution in [-0.4, -0.2) is 77.9 Å². The van der Waals surface area contributed by atoms with E-state index in [4.69, 9.17) is 35.0 Å². The van der Waals surface area contributed by atoms with Crippen LogP contribution in [0.2, 0.25) is 5.02 Å². The summed E-state index contributed by atoms with van der Waals surface area (Å²) in [4.78, 5) is 22.5. The first kappa shape index (κ1) is 43.2. The van der Waals surface area contributed by atoms with Crippen molar-refractivity contribution in [2.24, 2.45) is 0 Å². The van der Waals surface area contributed by atoms with Gasteiger partial charge in [-0.05, 0) is 62.4 Å². The van der Waals surface area contributed by atoms with Gasteiger partial charge in [0.2, 0.25) is 5.88 Å². The quantitative estimate of drug-likeness (QED) is 0.0462. The summed E-state index contributed by atoms with van der Waals surface area (Å²) in [6.07, 6.45) is -5.13. The summed E-state index contributed by atoms with van der Waals surface area (Å²) in [6, 6.07) is 11.0. The Morgan fingerprint density at radius 1 is 1.00 bits per heavy atom. The summed E-state index contributed by atoms with van der Waals surface area (Å²) >= 11 is 7.87. The zero-order valence-electron chi connectivity index (χ0n) is 31.7. The van der Waals surface area contributed by atoms with E-state index >= 15 is 8.78 Å². The number of aromatic nitrogens is 4. The summed E-state index contributed by atoms with van der Waals surface area (Å²) < 4.78 is 116. The van der Waals surface area contributed by atoms with Gasteiger partial charge in [0.25, 0.3) is 12.1 Å². The zero-order chi connectivity index (χ0) is 42.3. The maximum absolute atomic E-state index is 16.9. The van der Waals surface area contributed by atoms with Gasteiger partial charge in [-0.3, -0.25) is 4.68 Å². The third-order valence-electron chi connectivity index (χ3n) is 8.77. The highest BCUT2D eigenvalue weighted by Crippen LogP contribution is 2.50. The van der Waals surface area contributed by atoms with Gasteiger partial charge in [0.15, 0.2) is 0 Å². The second kappa shape index (κ2) is 18.7. The molecule has 314 valence electrons. The lowest BCUT2D eigenvalue weighted by Crippen LogP contribution is -2.44. The number of benzene rings is 2. The van der Waals surface area contributed by atoms with Gasteiger partial charge in [0.1, 0.15) is 48.2 Å². The van der Waals surface area contributed by atoms with Crippen molar-refractivity contribution in [2.75, 3.05) is 39.9 Å². The topological polar surface area (TPSA) is 135 Å². The normalized spacial score (nSPS) is 12.5. The highest BCUT2D eigenvalue weighted by molar-refractivity contribution is 7.22. The Morgan fingerprint density at radius 3 is 2.53 bits per heavy atom. The molecule has 4 aromatic heterocycles. The Kier molecular flexibility index (Phi) is 13.7. The largest absolute Gasteiger partial charge is 0.491 e. The first-order chi connectivity index (χ1) is 28.2. The molecule has 0 aliphatic rings. The van der Waals surface area contributed by atoms with E-state index in [1.54, 1.807) is 19.1 Å². The minimum atomic E-state index is -4.61. The predicted octanol–water partition coefficient (Wildman–Crippen LogP) is 8.35. The first-order valence-electron chi connectivity index (χ1n) is 18.0. The molecule has 6 aromatic rings. The summed E-state index contributed by atoms with van der Waals surface area (Å²) in [5.41, 5.74) is 0.323. The Balaban J connectivity index is 1.40. The number of rotatable bonds is 19. The predicted molar refractivity (Wildman–Crippen MR) is 207 cm³/mol. The fourth-order valence-electron chi connectivity index (χ4n) is 6.03. The average molecular weight is 867 g/mol. The van der Waals surface area contributed by atoms with Crippen LogP contribution in [0.1, 0.15) is 23.7 Å². The summed E-state index contributed by atoms with van der Waals surface area (Å²) in [5.74, 6) is -6.15. The number of carbonyl (C=O) groups is 1. The molecule has 0 bridgehead atoms. The van der Waals surface area contributed by atoms with Gasteiger partial charge >= 0.3 is 18.1 Å². The van der Waals surface area contributed by atoms with Crippen molar-refractivity contribution in [3.8, 4) is 39.1 Å². The number of likely N-dealkylation sites (N-methyl/N-ethyl adjacent to an activating group) is 1. The number of thiophene rings is 1. The minimum absolute atomic E-state index is 0.0496. The van der Waals surface area contributed by atoms with Crippen molar-refractivity contribution >= 4 is 39.1 Å². The molecule has 2 aromatic carbocycles. The maximum atomic E-state index is 16.9. The molecule has 0 saturated heterocycles. The molecule has 0 aliphatic heterocycles. The number of alkyl halides is 5. The molecule has 6 rings (SSSR count). The van der Waals surface area contributed by atoms with Gasteiger partial charge in [-0.2, -0.15) is 31.4 Å². The van der Waals surface area contributed by atoms with E-state index in [0.717, 1.165) is 49.1 Å². The van der Waals surface area contributed by atoms with Crippen molar-refractivity contribution in [1.29, 1.82) is 0 Å². The Bertz CT molecular complexity index is 2390. The van der Waals surface area contributed by atoms with Gasteiger partial charge in [0, 0.05) is 37.5 Å². The van der Waals surface area contributed by atoms with Crippen LogP contribution in [0.5, 0.6) is 17.4 Å². The number of furan rings is 1. The molecule has 0 radical (unpaired) electrons. The molecule has 1 atom stereocenters. The highest BCUT2D eigenvalue weighted by Gasteiger charge is 2.51. The van der Waals surface area contributed by atoms with Crippen molar-refractivity contribution in [1.82, 2.24) is 30.4 Å². The molecule has 4 heterocycles. The SMILES string of the molecule is CCOC(=O)[C@@H](Oc1ncnc2sc(-c3ccc(F)o3)c(-c3ccc(OCCNCCNC)c(Cl)c3C)c12)C(F)(F)c1ccccc1OCc1ccnn1CC(F)(F)F. The molecule has 0 amide bonds. The second-order valence-electron chi connectivity index (χ2n) is 12.8. The Hall–Kier alpha value is -5.37. The molecule has 0 aliphatic carbocycles. The van der Waals surface area contributed by atoms with Gasteiger partial charge in [0.05, 0.1) is 33.2 Å². The zero-order valence-corrected chi connectivity index (χ0v) is 33.2. The Labute approximate surface area is 342 Å². The van der Waals surface area contributed by atoms with Crippen LogP contribution in [0.4, 0.5) is 26.3 Å². The van der Waals surface area contributed by atoms with Crippen LogP contribution in [-0.2, 0) is 28.6 Å². The lowest BCUT2D eigenvalue weighted by molar-refractivity contribution is -0.174. The molecule has 59 heavy (non-hydrogen) atoms. The number of para-hydroxylation sites is 1. The molecule has 0 saturated carbocycles. The molecule has 0 unspecified atom stereocenters. The molecular formula is C39H37ClF6N6O6S. The van der Waals surface area contributed by atoms with Crippen LogP contribution in [0.3, 0.4) is 0 Å². The van der Waals surface area contributed by atoms with Crippen LogP contribution in [0.15, 0.2) is 71.5 Å². The summed E-state index contributed by atoms with van der Waals surface area (Å²) in [5, 5.41) is 10.2. The molecule has 2 N–H and O–H groups in total. The van der Waals surface area contributed by atoms with Gasteiger partial charge in [-0.1, -0.05) is 29.8 Å². The summed E-state index contributed by atoms with van der Waals surface area (Å²) in [7, 11) is 1.84. The fourth-order valence-corrected chi connectivity index (χ4v) is 7.36. The van der Waals surface area contributed by atoms with E-state index in [1.165, 1.54) is 37.3 Å². The third kappa shape index (κ3) is 9.92. The van der Waals surface area contributed by atoms with Gasteiger partial charge < -0.3 is 34.0 Å². The van der Waals surface area contributed by atoms with E-state index in [1.807, 2.05) is 7.05 Å². The van der Waals surface area contributed by atoms with Crippen molar-refractivity contribution < 1.29 is 54.5 Å². The molecule has 0 spiro atoms. The van der Waals surface area contributed by atoms with Crippen LogP contribution in [0.25, 0.3) is 32.0 Å². The summed E-state index contributed by atoms with van der Waals surface area (Å²) in [6.45, 7) is 3.16. The number of nitrogens with one attached hydrogen (secondary N) is 2. The van der Waals surface area contributed by atoms with E-state index in [9.17, 15) is 22.4 Å². The smallest absolute Gasteiger partial charge is 0.408 e. The number of fused-ring (bicyclic) bond motifs is 1. The van der Waals surface area contributed by atoms with Gasteiger partial charge in [-0.15, -0.1) is 11.3 Å². The van der Waals surface area contributed by atoms with E-state index in [2.05, 4.69) is 25.7 Å². The Morgan fingerprint density at radius 2 is 1.80 bits per heavy atom. The average Bonchev–Trinajstić information content (AvgIpc) is 3.94. The molecular weight excluding hydrogens is 830 g/mol. The lowest BCUT2D eigenvalue weighted by atomic mass is 9.97. The number of ether oxygens (including phenoxy) is 4. The van der Waals surface area contributed by atoms with Crippen molar-refractivity contribution in [2.45, 2.75) is 45.2 Å². The number of esters is 1. The number of halogens is 7. The third-order valence-corrected chi connectivity index (χ3v) is 10.4. The van der Waals surface area contributed by atoms with Crippen molar-refractivity contribution in [3.63, 3.8) is 0 Å². The number of hydrogen-bond acceptors (Lipinski definition) is 12. The number of hydrogen-bond donors (Lipinski definition) is 2. The van der Waals surface area contributed by atoms with Gasteiger partial charge in [-0.25, -0.2) is 14.8 Å². The molecule has 0 fully saturated rings. The molecule has 20 heteroatoms. The van der Waals surface area contributed by atoms with Crippen LogP contribution < -0.4 is 24.8 Å². The first-order valence-corrected chi connectivity index (χ1v) is 19.2. The number of nitrogens with zero attached hydrogens (tertiary/aromatic N) is 4.